The van der Waals surface area contributed by atoms with E-state index < -0.39 is 34.7 Å². The Morgan fingerprint density at radius 2 is 1.52 bits per heavy atom. The predicted molar refractivity (Wildman–Crippen MR) is 144 cm³/mol. The van der Waals surface area contributed by atoms with Crippen molar-refractivity contribution in [1.82, 2.24) is 25.9 Å². The van der Waals surface area contributed by atoms with Gasteiger partial charge in [-0.15, -0.1) is 5.10 Å². The lowest BCUT2D eigenvalue weighted by Crippen LogP contribution is -2.33. The number of amides is 3. The molecule has 0 saturated carbocycles. The molecule has 9 nitrogen and oxygen atoms in total. The van der Waals surface area contributed by atoms with Crippen molar-refractivity contribution < 1.29 is 22.8 Å². The molecule has 0 aliphatic carbocycles. The Balaban J connectivity index is 1.59. The van der Waals surface area contributed by atoms with Crippen LogP contribution in [0.3, 0.4) is 0 Å². The normalized spacial score (nSPS) is 12.5. The molecule has 0 aliphatic heterocycles. The first-order chi connectivity index (χ1) is 18.8. The van der Waals surface area contributed by atoms with E-state index in [2.05, 4.69) is 57.3 Å². The number of hydrogen-bond donors (Lipinski definition) is 4. The monoisotopic (exact) mass is 571 g/mol. The minimum absolute atomic E-state index is 0.0140. The van der Waals surface area contributed by atoms with Crippen LogP contribution in [-0.4, -0.2) is 32.6 Å². The molecular formula is C27H25ClF3N7O2. The van der Waals surface area contributed by atoms with Crippen LogP contribution >= 0.6 is 11.6 Å². The molecule has 3 aromatic carbocycles. The van der Waals surface area contributed by atoms with Gasteiger partial charge >= 0.3 is 12.2 Å². The van der Waals surface area contributed by atoms with Crippen LogP contribution in [0, 0.1) is 0 Å². The number of halogens is 4. The van der Waals surface area contributed by atoms with E-state index in [-0.39, 0.29) is 17.1 Å². The maximum absolute atomic E-state index is 13.3. The Morgan fingerprint density at radius 3 is 2.08 bits per heavy atom. The van der Waals surface area contributed by atoms with Crippen molar-refractivity contribution in [3.63, 3.8) is 0 Å². The molecule has 0 spiro atoms. The van der Waals surface area contributed by atoms with Crippen molar-refractivity contribution in [3.8, 4) is 0 Å². The summed E-state index contributed by atoms with van der Waals surface area (Å²) in [6, 6.07) is 15.8. The average molecular weight is 572 g/mol. The summed E-state index contributed by atoms with van der Waals surface area (Å²) in [6.07, 6.45) is -4.68. The van der Waals surface area contributed by atoms with E-state index in [1.165, 1.54) is 6.07 Å². The molecule has 1 aromatic heterocycles. The molecule has 1 heterocycles. The summed E-state index contributed by atoms with van der Waals surface area (Å²) in [5, 5.41) is 20.3. The van der Waals surface area contributed by atoms with Crippen LogP contribution < -0.4 is 16.0 Å². The first kappa shape index (κ1) is 28.6. The third kappa shape index (κ3) is 6.94. The van der Waals surface area contributed by atoms with Crippen LogP contribution in [0.2, 0.25) is 5.02 Å². The number of rotatable bonds is 6. The topological polar surface area (TPSA) is 125 Å². The summed E-state index contributed by atoms with van der Waals surface area (Å²) in [6.45, 7) is 6.22. The first-order valence-electron chi connectivity index (χ1n) is 12.0. The Morgan fingerprint density at radius 1 is 0.900 bits per heavy atom. The third-order valence-corrected chi connectivity index (χ3v) is 6.32. The quantitative estimate of drug-likeness (QED) is 0.215. The molecule has 0 bridgehead atoms. The summed E-state index contributed by atoms with van der Waals surface area (Å²) < 4.78 is 39.8. The van der Waals surface area contributed by atoms with Gasteiger partial charge in [-0.3, -0.25) is 10.1 Å². The molecule has 40 heavy (non-hydrogen) atoms. The standard InChI is InChI=1S/C27H25ClF3N7O2/c1-26(2,3)18-10-8-16(9-11-18)22(15-4-6-17(7-5-15)23(39)34-24-35-37-38-36-24)33-25(40)32-19-12-13-21(28)20(14-19)27(29,30)31/h4-14,22H,1-3H3,(H2,32,33,40)(H2,34,35,36,37,38,39). The van der Waals surface area contributed by atoms with E-state index in [0.29, 0.717) is 11.1 Å². The Bertz CT molecular complexity index is 1480. The van der Waals surface area contributed by atoms with Crippen molar-refractivity contribution >= 4 is 35.2 Å². The zero-order valence-corrected chi connectivity index (χ0v) is 22.4. The second-order valence-electron chi connectivity index (χ2n) is 9.91. The van der Waals surface area contributed by atoms with Gasteiger partial charge in [0.15, 0.2) is 0 Å². The summed E-state index contributed by atoms with van der Waals surface area (Å²) in [5.74, 6) is -0.451. The lowest BCUT2D eigenvalue weighted by Gasteiger charge is -2.23. The van der Waals surface area contributed by atoms with Gasteiger partial charge in [-0.2, -0.15) is 18.4 Å². The molecule has 0 saturated heterocycles. The third-order valence-electron chi connectivity index (χ3n) is 5.99. The van der Waals surface area contributed by atoms with Crippen molar-refractivity contribution in [2.75, 3.05) is 10.6 Å². The number of anilines is 2. The lowest BCUT2D eigenvalue weighted by molar-refractivity contribution is -0.137. The fourth-order valence-electron chi connectivity index (χ4n) is 3.87. The number of nitrogens with zero attached hydrogens (tertiary/aromatic N) is 3. The first-order valence-corrected chi connectivity index (χ1v) is 12.4. The zero-order chi connectivity index (χ0) is 29.1. The number of tetrazole rings is 1. The van der Waals surface area contributed by atoms with Crippen LogP contribution in [0.5, 0.6) is 0 Å². The van der Waals surface area contributed by atoms with Gasteiger partial charge in [-0.25, -0.2) is 4.79 Å². The molecule has 3 amide bonds. The number of H-pyrrole nitrogens is 1. The van der Waals surface area contributed by atoms with E-state index in [9.17, 15) is 22.8 Å². The second kappa shape index (κ2) is 11.3. The number of carbonyl (C=O) groups is 2. The van der Waals surface area contributed by atoms with E-state index in [4.69, 9.17) is 11.6 Å². The van der Waals surface area contributed by atoms with E-state index in [0.717, 1.165) is 23.3 Å². The van der Waals surface area contributed by atoms with Crippen LogP contribution in [-0.2, 0) is 11.6 Å². The number of hydrogen-bond acceptors (Lipinski definition) is 5. The van der Waals surface area contributed by atoms with E-state index >= 15 is 0 Å². The van der Waals surface area contributed by atoms with E-state index in [1.54, 1.807) is 24.3 Å². The number of nitrogens with one attached hydrogen (secondary N) is 4. The molecule has 0 aliphatic rings. The number of aromatic nitrogens is 4. The highest BCUT2D eigenvalue weighted by molar-refractivity contribution is 6.31. The number of aromatic amines is 1. The molecule has 208 valence electrons. The van der Waals surface area contributed by atoms with Crippen LogP contribution in [0.4, 0.5) is 29.6 Å². The van der Waals surface area contributed by atoms with Gasteiger partial charge in [0.2, 0.25) is 0 Å². The lowest BCUT2D eigenvalue weighted by atomic mass is 9.85. The number of alkyl halides is 3. The second-order valence-corrected chi connectivity index (χ2v) is 10.3. The van der Waals surface area contributed by atoms with Gasteiger partial charge in [0.25, 0.3) is 11.9 Å². The maximum atomic E-state index is 13.3. The fourth-order valence-corrected chi connectivity index (χ4v) is 4.09. The SMILES string of the molecule is CC(C)(C)c1ccc(C(NC(=O)Nc2ccc(Cl)c(C(F)(F)F)c2)c2ccc(C(=O)Nc3nn[nH]n3)cc2)cc1. The van der Waals surface area contributed by atoms with Gasteiger partial charge in [0.1, 0.15) is 0 Å². The molecule has 1 unspecified atom stereocenters. The average Bonchev–Trinajstić information content (AvgIpc) is 3.40. The minimum Gasteiger partial charge on any atom is -0.327 e. The van der Waals surface area contributed by atoms with Crippen LogP contribution in [0.1, 0.15) is 59.4 Å². The van der Waals surface area contributed by atoms with Gasteiger partial charge in [-0.1, -0.05) is 73.9 Å². The Kier molecular flexibility index (Phi) is 8.10. The van der Waals surface area contributed by atoms with E-state index in [1.807, 2.05) is 24.3 Å². The van der Waals surface area contributed by atoms with Gasteiger partial charge < -0.3 is 10.6 Å². The summed E-state index contributed by atoms with van der Waals surface area (Å²) in [5.41, 5.74) is 1.49. The molecule has 1 atom stereocenters. The molecule has 4 N–H and O–H groups in total. The highest BCUT2D eigenvalue weighted by atomic mass is 35.5. The van der Waals surface area contributed by atoms with Crippen LogP contribution in [0.15, 0.2) is 66.7 Å². The van der Waals surface area contributed by atoms with Crippen molar-refractivity contribution in [2.24, 2.45) is 0 Å². The summed E-state index contributed by atoms with van der Waals surface area (Å²) >= 11 is 5.69. The molecule has 4 rings (SSSR count). The molecule has 4 aromatic rings. The molecule has 13 heteroatoms. The van der Waals surface area contributed by atoms with Gasteiger partial charge in [0, 0.05) is 11.3 Å². The maximum Gasteiger partial charge on any atom is 0.417 e. The highest BCUT2D eigenvalue weighted by Gasteiger charge is 2.33. The largest absolute Gasteiger partial charge is 0.417 e. The molecule has 0 radical (unpaired) electrons. The van der Waals surface area contributed by atoms with Crippen molar-refractivity contribution in [2.45, 2.75) is 38.4 Å². The summed E-state index contributed by atoms with van der Waals surface area (Å²) in [7, 11) is 0. The predicted octanol–water partition coefficient (Wildman–Crippen LogP) is 6.33. The van der Waals surface area contributed by atoms with Gasteiger partial charge in [-0.05, 0) is 57.7 Å². The molecular weight excluding hydrogens is 547 g/mol. The zero-order valence-electron chi connectivity index (χ0n) is 21.6. The summed E-state index contributed by atoms with van der Waals surface area (Å²) in [4.78, 5) is 25.5. The minimum atomic E-state index is -4.68. The highest BCUT2D eigenvalue weighted by Crippen LogP contribution is 2.36. The number of carbonyl (C=O) groups excluding carboxylic acids is 2. The molecule has 0 fully saturated rings. The van der Waals surface area contributed by atoms with Gasteiger partial charge in [0.05, 0.1) is 16.6 Å². The smallest absolute Gasteiger partial charge is 0.327 e. The number of benzene rings is 3. The van der Waals surface area contributed by atoms with Crippen molar-refractivity contribution in [1.29, 1.82) is 0 Å². The fraction of sp³-hybridized carbons (Fsp3) is 0.222. The van der Waals surface area contributed by atoms with Crippen molar-refractivity contribution in [3.05, 3.63) is 99.6 Å². The Hall–Kier alpha value is -4.45. The Labute approximate surface area is 232 Å². The van der Waals surface area contributed by atoms with Crippen LogP contribution in [0.25, 0.3) is 0 Å². The number of urea groups is 1.